The van der Waals surface area contributed by atoms with Gasteiger partial charge in [-0.05, 0) is 0 Å². The average molecular weight is 88.6 g/mol. The van der Waals surface area contributed by atoms with Crippen LogP contribution in [0.1, 0.15) is 0 Å². The summed E-state index contributed by atoms with van der Waals surface area (Å²) in [6.07, 6.45) is 0. The summed E-state index contributed by atoms with van der Waals surface area (Å²) >= 11 is 0. The van der Waals surface area contributed by atoms with Crippen molar-refractivity contribution in [1.29, 1.82) is 0 Å². The molecule has 6 heavy (non-hydrogen) atoms. The molecule has 0 aliphatic heterocycles. The highest BCUT2D eigenvalue weighted by atomic mass is 14.8. The van der Waals surface area contributed by atoms with Crippen molar-refractivity contribution < 1.29 is 15.9 Å². The Labute approximate surface area is 40.1 Å². The van der Waals surface area contributed by atoms with Gasteiger partial charge in [0.25, 0.3) is 0 Å². The van der Waals surface area contributed by atoms with E-state index in [-0.39, 0.29) is 7.55 Å². The third-order valence-electron chi connectivity index (χ3n) is 0.742. The Morgan fingerprint density at radius 3 is 2.50 bits per heavy atom. The van der Waals surface area contributed by atoms with Crippen molar-refractivity contribution in [3.63, 3.8) is 0 Å². The van der Waals surface area contributed by atoms with Gasteiger partial charge in [0.2, 0.25) is 0 Å². The van der Waals surface area contributed by atoms with Gasteiger partial charge < -0.3 is 15.9 Å². The molecule has 0 rings (SSSR count). The molecular weight excluding hydrogens is 74.5 g/mol. The highest BCUT2D eigenvalue weighted by Gasteiger charge is 1.70. The largest absolute Gasteiger partial charge is 0.702 e. The van der Waals surface area contributed by atoms with Crippen molar-refractivity contribution in [3.05, 3.63) is 0 Å². The van der Waals surface area contributed by atoms with Gasteiger partial charge in [-0.2, -0.15) is 0 Å². The monoisotopic (exact) mass is 89.1 g/mol. The van der Waals surface area contributed by atoms with E-state index >= 15 is 0 Å². The maximum absolute atomic E-state index is 3.83. The average Bonchev–Trinajstić information content (AvgIpc) is 1.61. The molecule has 0 saturated carbocycles. The maximum Gasteiger partial charge on any atom is 0.342 e. The van der Waals surface area contributed by atoms with E-state index in [1.807, 2.05) is 0 Å². The van der Waals surface area contributed by atoms with Gasteiger partial charge in [-0.25, -0.2) is 0 Å². The predicted octanol–water partition coefficient (Wildman–Crippen LogP) is -7.37. The Balaban J connectivity index is 2.34. The molecule has 0 spiro atoms. The van der Waals surface area contributed by atoms with Crippen LogP contribution in [0.5, 0.6) is 0 Å². The second-order valence-electron chi connectivity index (χ2n) is 1.32. The number of nitrogens with two attached hydrogens (primary N) is 2. The van der Waals surface area contributed by atoms with Crippen LogP contribution < -0.4 is 15.9 Å². The smallest absolute Gasteiger partial charge is 0.342 e. The van der Waals surface area contributed by atoms with Crippen molar-refractivity contribution in [3.8, 4) is 0 Å². The molecule has 0 bridgehead atoms. The first-order chi connectivity index (χ1) is 2.91. The second kappa shape index (κ2) is 5.07. The molecule has 0 saturated heterocycles. The molecule has 0 fully saturated rings. The van der Waals surface area contributed by atoms with Crippen LogP contribution in [0.3, 0.4) is 0 Å². The van der Waals surface area contributed by atoms with Gasteiger partial charge in [-0.3, -0.25) is 0 Å². The predicted molar refractivity (Wildman–Crippen MR) is 33.8 cm³/mol. The highest BCUT2D eigenvalue weighted by Crippen LogP contribution is 0.803. The molecule has 0 aliphatic rings. The second-order valence-corrected chi connectivity index (χ2v) is 1.32. The van der Waals surface area contributed by atoms with Crippen LogP contribution in [0.4, 0.5) is 0 Å². The molecule has 38 valence electrons. The van der Waals surface area contributed by atoms with Crippen LogP contribution in [-0.2, 0) is 0 Å². The molecule has 0 heterocycles. The normalized spacial score (nSPS) is 9.00. The van der Waals surface area contributed by atoms with Crippen molar-refractivity contribution in [1.82, 2.24) is 0 Å². The third kappa shape index (κ3) is 4.07. The fourth-order valence-electron chi connectivity index (χ4n) is 0.236. The zero-order chi connectivity index (χ0) is 4.83. The minimum absolute atomic E-state index is 0.188. The number of hydrogen-bond acceptors (Lipinski definition) is 0. The number of rotatable bonds is 3. The lowest BCUT2D eigenvalue weighted by molar-refractivity contribution is -0.516. The van der Waals surface area contributed by atoms with Crippen LogP contribution in [0, 0.1) is 0 Å². The van der Waals surface area contributed by atoms with Gasteiger partial charge in [0.05, 0.1) is 0 Å². The summed E-state index contributed by atoms with van der Waals surface area (Å²) in [5.41, 5.74) is 3.83. The van der Waals surface area contributed by atoms with E-state index in [9.17, 15) is 0 Å². The van der Waals surface area contributed by atoms with Gasteiger partial charge in [0.15, 0.2) is 0 Å². The Kier molecular flexibility index (Phi) is 5.14. The van der Waals surface area contributed by atoms with E-state index in [4.69, 9.17) is 0 Å². The van der Waals surface area contributed by atoms with E-state index < -0.39 is 0 Å². The Morgan fingerprint density at radius 1 is 1.67 bits per heavy atom. The molecule has 0 amide bonds. The summed E-state index contributed by atoms with van der Waals surface area (Å²) in [7, 11) is 1.19. The topological polar surface area (TPSA) is 60.9 Å². The van der Waals surface area contributed by atoms with Crippen LogP contribution >= 0.6 is 0 Å². The molecule has 0 unspecified atom stereocenters. The molecule has 0 atom stereocenters. The first-order valence-electron chi connectivity index (χ1n) is 2.44. The van der Waals surface area contributed by atoms with Crippen LogP contribution in [0.2, 0.25) is 0 Å². The van der Waals surface area contributed by atoms with Crippen molar-refractivity contribution in [2.45, 2.75) is 0 Å². The zero-order valence-corrected chi connectivity index (χ0v) is 3.86. The lowest BCUT2D eigenvalue weighted by Gasteiger charge is -2.04. The summed E-state index contributed by atoms with van der Waals surface area (Å²) < 4.78 is 0. The maximum atomic E-state index is 3.83. The van der Waals surface area contributed by atoms with E-state index in [0.29, 0.717) is 15.5 Å². The van der Waals surface area contributed by atoms with Crippen molar-refractivity contribution >= 4 is 23.1 Å². The van der Waals surface area contributed by atoms with E-state index in [0.717, 1.165) is 0 Å². The Bertz CT molecular complexity index is 18.0. The van der Waals surface area contributed by atoms with Crippen LogP contribution in [0.15, 0.2) is 0 Å². The van der Waals surface area contributed by atoms with Gasteiger partial charge in [0.1, 0.15) is 7.98 Å². The van der Waals surface area contributed by atoms with E-state index in [2.05, 4.69) is 15.9 Å². The summed E-state index contributed by atoms with van der Waals surface area (Å²) in [6, 6.07) is 0. The lowest BCUT2D eigenvalue weighted by atomic mass is 10.0. The quantitative estimate of drug-likeness (QED) is 0.227. The number of quaternary nitrogens is 3. The molecule has 0 aromatic carbocycles. The highest BCUT2D eigenvalue weighted by molar-refractivity contribution is 6.27. The van der Waals surface area contributed by atoms with Gasteiger partial charge in [0, 0.05) is 0 Å². The molecule has 6 heteroatoms. The van der Waals surface area contributed by atoms with Gasteiger partial charge in [-0.15, -0.1) is 0 Å². The van der Waals surface area contributed by atoms with Crippen molar-refractivity contribution in [2.75, 3.05) is 0 Å². The van der Waals surface area contributed by atoms with Gasteiger partial charge >= 0.3 is 15.1 Å². The molecule has 0 aliphatic carbocycles. The molecular formula is H14B3N3. The van der Waals surface area contributed by atoms with Crippen LogP contribution in [-0.4, -0.2) is 23.1 Å². The van der Waals surface area contributed by atoms with Gasteiger partial charge in [-0.1, -0.05) is 0 Å². The molecule has 0 aromatic heterocycles. The zero-order valence-electron chi connectivity index (χ0n) is 3.86. The summed E-state index contributed by atoms with van der Waals surface area (Å²) in [6.45, 7) is 0. The molecule has 7 N–H and O–H groups in total. The number of hydrogen-bond donors (Lipinski definition) is 3. The fourth-order valence-corrected chi connectivity index (χ4v) is 0.236. The van der Waals surface area contributed by atoms with E-state index in [1.165, 1.54) is 0 Å². The van der Waals surface area contributed by atoms with Crippen LogP contribution in [0.25, 0.3) is 0 Å². The molecule has 0 radical (unpaired) electrons. The standard InChI is InChI=1S/B3H14N3/c1-5-3-6-2-4/h2-3,5-6H2,1,4H3. The first-order valence-corrected chi connectivity index (χ1v) is 2.44. The summed E-state index contributed by atoms with van der Waals surface area (Å²) in [4.78, 5) is 0. The molecule has 3 nitrogen and oxygen atoms in total. The summed E-state index contributed by atoms with van der Waals surface area (Å²) in [5.74, 6) is 0. The fraction of sp³-hybridized carbons (Fsp3) is 0. The SMILES string of the molecule is [BH3-][NH2+][BH2-][NH2+][BH2-][NH3+]. The van der Waals surface area contributed by atoms with E-state index in [1.54, 1.807) is 0 Å². The minimum Gasteiger partial charge on any atom is -0.702 e. The van der Waals surface area contributed by atoms with Crippen molar-refractivity contribution in [2.24, 2.45) is 0 Å². The Hall–Kier alpha value is 0.0748. The third-order valence-corrected chi connectivity index (χ3v) is 0.742. The minimum atomic E-state index is 0.188. The lowest BCUT2D eigenvalue weighted by Crippen LogP contribution is -3.13. The summed E-state index contributed by atoms with van der Waals surface area (Å²) in [5, 5.41) is 4.97. The Morgan fingerprint density at radius 2 is 2.33 bits per heavy atom. The first kappa shape index (κ1) is 6.07. The molecule has 0 aromatic rings.